The summed E-state index contributed by atoms with van der Waals surface area (Å²) in [6.45, 7) is 3.98. The summed E-state index contributed by atoms with van der Waals surface area (Å²) < 4.78 is 13.0. The first-order valence-electron chi connectivity index (χ1n) is 5.60. The highest BCUT2D eigenvalue weighted by Crippen LogP contribution is 2.22. The second-order valence-corrected chi connectivity index (χ2v) is 4.48. The van der Waals surface area contributed by atoms with Crippen molar-refractivity contribution in [1.82, 2.24) is 0 Å². The van der Waals surface area contributed by atoms with Gasteiger partial charge in [-0.05, 0) is 30.9 Å². The highest BCUT2D eigenvalue weighted by atomic mass is 19.1. The molecule has 0 aliphatic heterocycles. The molecule has 1 atom stereocenters. The van der Waals surface area contributed by atoms with Crippen molar-refractivity contribution < 1.29 is 9.31 Å². The van der Waals surface area contributed by atoms with Gasteiger partial charge in [-0.1, -0.05) is 13.8 Å². The van der Waals surface area contributed by atoms with Crippen LogP contribution in [0.4, 0.5) is 10.1 Å². The van der Waals surface area contributed by atoms with Crippen molar-refractivity contribution in [3.05, 3.63) is 39.7 Å². The lowest BCUT2D eigenvalue weighted by Gasteiger charge is -2.15. The Bertz CT molecular complexity index is 407. The van der Waals surface area contributed by atoms with Crippen molar-refractivity contribution in [3.8, 4) is 0 Å². The predicted octanol–water partition coefficient (Wildman–Crippen LogP) is 2.65. The lowest BCUT2D eigenvalue weighted by Crippen LogP contribution is -2.26. The number of rotatable bonds is 5. The van der Waals surface area contributed by atoms with E-state index in [1.165, 1.54) is 12.1 Å². The largest absolute Gasteiger partial charge is 0.327 e. The lowest BCUT2D eigenvalue weighted by molar-refractivity contribution is -0.385. The van der Waals surface area contributed by atoms with Gasteiger partial charge >= 0.3 is 0 Å². The number of halogens is 1. The summed E-state index contributed by atoms with van der Waals surface area (Å²) in [6.07, 6.45) is 1.04. The summed E-state index contributed by atoms with van der Waals surface area (Å²) in [4.78, 5) is 10.3. The van der Waals surface area contributed by atoms with E-state index < -0.39 is 10.7 Å². The van der Waals surface area contributed by atoms with Crippen LogP contribution in [0.25, 0.3) is 0 Å². The first-order chi connectivity index (χ1) is 7.91. The highest BCUT2D eigenvalue weighted by molar-refractivity contribution is 5.40. The van der Waals surface area contributed by atoms with Gasteiger partial charge in [-0.15, -0.1) is 0 Å². The lowest BCUT2D eigenvalue weighted by atomic mass is 9.97. The Morgan fingerprint density at radius 2 is 2.12 bits per heavy atom. The molecule has 0 spiro atoms. The van der Waals surface area contributed by atoms with Gasteiger partial charge in [0.15, 0.2) is 0 Å². The summed E-state index contributed by atoms with van der Waals surface area (Å²) in [6, 6.07) is 3.48. The van der Waals surface area contributed by atoms with E-state index >= 15 is 0 Å². The molecule has 1 unspecified atom stereocenters. The zero-order chi connectivity index (χ0) is 13.0. The van der Waals surface area contributed by atoms with E-state index in [-0.39, 0.29) is 11.7 Å². The van der Waals surface area contributed by atoms with E-state index in [0.717, 1.165) is 6.07 Å². The molecule has 0 bridgehead atoms. The number of hydrogen-bond donors (Lipinski definition) is 1. The maximum atomic E-state index is 13.0. The van der Waals surface area contributed by atoms with E-state index in [1.807, 2.05) is 13.8 Å². The highest BCUT2D eigenvalue weighted by Gasteiger charge is 2.16. The third kappa shape index (κ3) is 3.78. The minimum absolute atomic E-state index is 0.0297. The van der Waals surface area contributed by atoms with Crippen molar-refractivity contribution in [1.29, 1.82) is 0 Å². The Kier molecular flexibility index (Phi) is 4.57. The van der Waals surface area contributed by atoms with Crippen molar-refractivity contribution in [3.63, 3.8) is 0 Å². The van der Waals surface area contributed by atoms with Crippen LogP contribution < -0.4 is 5.73 Å². The van der Waals surface area contributed by atoms with Gasteiger partial charge in [0.1, 0.15) is 5.82 Å². The normalized spacial score (nSPS) is 12.8. The minimum atomic E-state index is -0.490. The van der Waals surface area contributed by atoms with Gasteiger partial charge in [0.2, 0.25) is 0 Å². The van der Waals surface area contributed by atoms with Crippen molar-refractivity contribution in [2.24, 2.45) is 11.7 Å². The summed E-state index contributed by atoms with van der Waals surface area (Å²) in [5.74, 6) is -0.147. The SMILES string of the molecule is CC(C)C(N)CCc1cc(F)ccc1[N+](=O)[O-]. The van der Waals surface area contributed by atoms with Crippen LogP contribution in [0.2, 0.25) is 0 Å². The fraction of sp³-hybridized carbons (Fsp3) is 0.500. The smallest absolute Gasteiger partial charge is 0.272 e. The summed E-state index contributed by atoms with van der Waals surface area (Å²) in [7, 11) is 0. The van der Waals surface area contributed by atoms with Crippen LogP contribution in [0.3, 0.4) is 0 Å². The molecule has 0 fully saturated rings. The number of benzene rings is 1. The molecule has 0 heterocycles. The Morgan fingerprint density at radius 3 is 2.65 bits per heavy atom. The van der Waals surface area contributed by atoms with Gasteiger partial charge in [0.05, 0.1) is 4.92 Å². The zero-order valence-corrected chi connectivity index (χ0v) is 10.0. The number of nitrogens with zero attached hydrogens (tertiary/aromatic N) is 1. The van der Waals surface area contributed by atoms with Crippen molar-refractivity contribution in [2.45, 2.75) is 32.7 Å². The monoisotopic (exact) mass is 240 g/mol. The van der Waals surface area contributed by atoms with Gasteiger partial charge in [-0.2, -0.15) is 0 Å². The molecule has 1 aromatic carbocycles. The fourth-order valence-corrected chi connectivity index (χ4v) is 1.59. The Hall–Kier alpha value is -1.49. The molecule has 2 N–H and O–H groups in total. The third-order valence-electron chi connectivity index (χ3n) is 2.84. The molecule has 17 heavy (non-hydrogen) atoms. The van der Waals surface area contributed by atoms with Crippen molar-refractivity contribution in [2.75, 3.05) is 0 Å². The Labute approximate surface area is 99.8 Å². The molecule has 0 radical (unpaired) electrons. The standard InChI is InChI=1S/C12H17FN2O2/c1-8(2)11(14)5-3-9-7-10(13)4-6-12(9)15(16)17/h4,6-8,11H,3,5,14H2,1-2H3. The maximum Gasteiger partial charge on any atom is 0.272 e. The summed E-state index contributed by atoms with van der Waals surface area (Å²) in [5.41, 5.74) is 6.23. The molecular weight excluding hydrogens is 223 g/mol. The van der Waals surface area contributed by atoms with E-state index in [1.54, 1.807) is 0 Å². The van der Waals surface area contributed by atoms with E-state index in [4.69, 9.17) is 5.73 Å². The van der Waals surface area contributed by atoms with Crippen LogP contribution in [-0.2, 0) is 6.42 Å². The maximum absolute atomic E-state index is 13.0. The van der Waals surface area contributed by atoms with Crippen LogP contribution in [0, 0.1) is 21.8 Å². The molecule has 0 saturated heterocycles. The topological polar surface area (TPSA) is 69.2 Å². The van der Waals surface area contributed by atoms with Gasteiger partial charge in [0, 0.05) is 17.7 Å². The Balaban J connectivity index is 2.82. The third-order valence-corrected chi connectivity index (χ3v) is 2.84. The molecular formula is C12H17FN2O2. The summed E-state index contributed by atoms with van der Waals surface area (Å²) >= 11 is 0. The van der Waals surface area contributed by atoms with Crippen LogP contribution in [0.5, 0.6) is 0 Å². The molecule has 0 aliphatic rings. The van der Waals surface area contributed by atoms with Crippen LogP contribution in [0.1, 0.15) is 25.8 Å². The zero-order valence-electron chi connectivity index (χ0n) is 10.0. The minimum Gasteiger partial charge on any atom is -0.327 e. The summed E-state index contributed by atoms with van der Waals surface area (Å²) in [5, 5.41) is 10.8. The molecule has 94 valence electrons. The molecule has 1 rings (SSSR count). The molecule has 0 amide bonds. The number of nitro groups is 1. The average Bonchev–Trinajstić information content (AvgIpc) is 2.25. The van der Waals surface area contributed by atoms with Gasteiger partial charge in [-0.25, -0.2) is 4.39 Å². The first-order valence-corrected chi connectivity index (χ1v) is 5.60. The van der Waals surface area contributed by atoms with E-state index in [9.17, 15) is 14.5 Å². The van der Waals surface area contributed by atoms with E-state index in [0.29, 0.717) is 24.3 Å². The average molecular weight is 240 g/mol. The van der Waals surface area contributed by atoms with Crippen LogP contribution in [-0.4, -0.2) is 11.0 Å². The fourth-order valence-electron chi connectivity index (χ4n) is 1.59. The van der Waals surface area contributed by atoms with Crippen molar-refractivity contribution >= 4 is 5.69 Å². The molecule has 0 aromatic heterocycles. The molecule has 0 aliphatic carbocycles. The van der Waals surface area contributed by atoms with Gasteiger partial charge in [0.25, 0.3) is 5.69 Å². The molecule has 5 heteroatoms. The number of aryl methyl sites for hydroxylation is 1. The second-order valence-electron chi connectivity index (χ2n) is 4.48. The molecule has 1 aromatic rings. The molecule has 0 saturated carbocycles. The van der Waals surface area contributed by atoms with E-state index in [2.05, 4.69) is 0 Å². The number of hydrogen-bond acceptors (Lipinski definition) is 3. The number of nitro benzene ring substituents is 1. The van der Waals surface area contributed by atoms with Gasteiger partial charge in [-0.3, -0.25) is 10.1 Å². The predicted molar refractivity (Wildman–Crippen MR) is 64.2 cm³/mol. The van der Waals surface area contributed by atoms with Crippen LogP contribution in [0.15, 0.2) is 18.2 Å². The quantitative estimate of drug-likeness (QED) is 0.635. The van der Waals surface area contributed by atoms with Crippen LogP contribution >= 0.6 is 0 Å². The molecule has 4 nitrogen and oxygen atoms in total. The Morgan fingerprint density at radius 1 is 1.47 bits per heavy atom. The second kappa shape index (κ2) is 5.72. The van der Waals surface area contributed by atoms with Gasteiger partial charge < -0.3 is 5.73 Å². The first kappa shape index (κ1) is 13.6. The number of nitrogens with two attached hydrogens (primary N) is 1.